The van der Waals surface area contributed by atoms with Crippen LogP contribution in [-0.4, -0.2) is 65.8 Å². The molecule has 3 heterocycles. The lowest BCUT2D eigenvalue weighted by Gasteiger charge is -2.18. The number of hydrogen-bond donors (Lipinski definition) is 5. The average Bonchev–Trinajstić information content (AvgIpc) is 3.16. The number of nitrogens with zero attached hydrogens (tertiary/aromatic N) is 4. The highest BCUT2D eigenvalue weighted by Gasteiger charge is 2.45. The van der Waals surface area contributed by atoms with Crippen LogP contribution >= 0.6 is 7.82 Å². The predicted octanol–water partition coefficient (Wildman–Crippen LogP) is -1.37. The molecule has 0 amide bonds. The van der Waals surface area contributed by atoms with Crippen LogP contribution in [-0.2, 0) is 18.3 Å². The summed E-state index contributed by atoms with van der Waals surface area (Å²) in [5.74, 6) is 0.142. The van der Waals surface area contributed by atoms with Gasteiger partial charge in [0.05, 0.1) is 12.9 Å². The van der Waals surface area contributed by atoms with Gasteiger partial charge in [-0.3, -0.25) is 13.6 Å². The lowest BCUT2D eigenvalue weighted by molar-refractivity contribution is -0.0519. The van der Waals surface area contributed by atoms with Crippen molar-refractivity contribution in [1.82, 2.24) is 19.5 Å². The van der Waals surface area contributed by atoms with Crippen LogP contribution in [0.3, 0.4) is 0 Å². The van der Waals surface area contributed by atoms with Gasteiger partial charge in [0.1, 0.15) is 36.4 Å². The highest BCUT2D eigenvalue weighted by atomic mass is 31.2. The van der Waals surface area contributed by atoms with Crippen molar-refractivity contribution in [1.29, 1.82) is 0 Å². The summed E-state index contributed by atoms with van der Waals surface area (Å²) in [6.45, 7) is 2.76. The van der Waals surface area contributed by atoms with E-state index in [0.717, 1.165) is 6.08 Å². The number of aromatic nitrogens is 4. The molecular weight excluding hydrogens is 383 g/mol. The van der Waals surface area contributed by atoms with Crippen LogP contribution in [0, 0.1) is 0 Å². The molecule has 1 fully saturated rings. The fourth-order valence-corrected chi connectivity index (χ4v) is 3.34. The van der Waals surface area contributed by atoms with Gasteiger partial charge in [0.15, 0.2) is 17.7 Å². The standard InChI is InChI=1S/C13H19N6O7P/c1-2-7(14)26-27(22,23)24-3-6-9(20)10(21)13(25-6)19-5-18-8-11(15)16-4-17-12(8)19/h2,4-7,9-10,13,20-21H,1,3,14H2,(H,22,23)(H2,15,16,17)/t6-,7?,9-,10-,13-/m1/s1. The number of imidazole rings is 1. The summed E-state index contributed by atoms with van der Waals surface area (Å²) in [6, 6.07) is 0. The number of aliphatic hydroxyl groups excluding tert-OH is 2. The molecule has 0 aromatic carbocycles. The van der Waals surface area contributed by atoms with Crippen molar-refractivity contribution in [2.45, 2.75) is 30.8 Å². The van der Waals surface area contributed by atoms with Crippen LogP contribution in [0.4, 0.5) is 5.82 Å². The van der Waals surface area contributed by atoms with Gasteiger partial charge in [-0.2, -0.15) is 0 Å². The molecule has 0 spiro atoms. The quantitative estimate of drug-likeness (QED) is 0.207. The Hall–Kier alpha value is -1.96. The van der Waals surface area contributed by atoms with Gasteiger partial charge in [-0.25, -0.2) is 19.5 Å². The molecule has 1 aliphatic heterocycles. The molecule has 2 aromatic rings. The molecule has 1 aliphatic rings. The Kier molecular flexibility index (Phi) is 5.55. The van der Waals surface area contributed by atoms with E-state index in [4.69, 9.17) is 20.7 Å². The Labute approximate surface area is 152 Å². The molecule has 27 heavy (non-hydrogen) atoms. The second kappa shape index (κ2) is 7.58. The summed E-state index contributed by atoms with van der Waals surface area (Å²) in [5.41, 5.74) is 11.6. The monoisotopic (exact) mass is 402 g/mol. The van der Waals surface area contributed by atoms with Crippen LogP contribution in [0.15, 0.2) is 25.3 Å². The second-order valence-corrected chi connectivity index (χ2v) is 7.11. The van der Waals surface area contributed by atoms with E-state index in [9.17, 15) is 19.7 Å². The number of aliphatic hydroxyl groups is 2. The van der Waals surface area contributed by atoms with E-state index in [1.165, 1.54) is 17.2 Å². The van der Waals surface area contributed by atoms with Gasteiger partial charge in [0, 0.05) is 0 Å². The minimum absolute atomic E-state index is 0.142. The summed E-state index contributed by atoms with van der Waals surface area (Å²) in [5, 5.41) is 20.5. The van der Waals surface area contributed by atoms with Crippen molar-refractivity contribution in [3.05, 3.63) is 25.3 Å². The summed E-state index contributed by atoms with van der Waals surface area (Å²) in [7, 11) is -4.51. The Balaban J connectivity index is 1.73. The number of fused-ring (bicyclic) bond motifs is 1. The third kappa shape index (κ3) is 4.00. The lowest BCUT2D eigenvalue weighted by Crippen LogP contribution is -2.33. The summed E-state index contributed by atoms with van der Waals surface area (Å²) in [4.78, 5) is 21.5. The normalized spacial score (nSPS) is 28.9. The smallest absolute Gasteiger partial charge is 0.387 e. The van der Waals surface area contributed by atoms with Crippen LogP contribution < -0.4 is 11.5 Å². The first-order valence-corrected chi connectivity index (χ1v) is 9.21. The molecule has 7 N–H and O–H groups in total. The van der Waals surface area contributed by atoms with E-state index >= 15 is 0 Å². The van der Waals surface area contributed by atoms with Crippen molar-refractivity contribution in [3.8, 4) is 0 Å². The minimum Gasteiger partial charge on any atom is -0.387 e. The lowest BCUT2D eigenvalue weighted by atomic mass is 10.1. The summed E-state index contributed by atoms with van der Waals surface area (Å²) in [6.07, 6.45) is -2.59. The van der Waals surface area contributed by atoms with Crippen LogP contribution in [0.5, 0.6) is 0 Å². The van der Waals surface area contributed by atoms with Gasteiger partial charge in [0.2, 0.25) is 0 Å². The van der Waals surface area contributed by atoms with Crippen molar-refractivity contribution in [2.24, 2.45) is 5.73 Å². The maximum absolute atomic E-state index is 11.8. The van der Waals surface area contributed by atoms with Crippen molar-refractivity contribution in [2.75, 3.05) is 12.3 Å². The number of hydrogen-bond acceptors (Lipinski definition) is 11. The molecule has 13 nitrogen and oxygen atoms in total. The van der Waals surface area contributed by atoms with Gasteiger partial charge in [-0.05, 0) is 6.08 Å². The molecule has 0 saturated carbocycles. The maximum atomic E-state index is 11.8. The molecule has 1 saturated heterocycles. The Morgan fingerprint density at radius 1 is 1.41 bits per heavy atom. The molecule has 3 rings (SSSR count). The van der Waals surface area contributed by atoms with Crippen molar-refractivity contribution in [3.63, 3.8) is 0 Å². The zero-order valence-corrected chi connectivity index (χ0v) is 14.8. The molecule has 2 aromatic heterocycles. The van der Waals surface area contributed by atoms with E-state index in [1.807, 2.05) is 0 Å². The van der Waals surface area contributed by atoms with E-state index in [-0.39, 0.29) is 11.5 Å². The number of ether oxygens (including phenoxy) is 1. The van der Waals surface area contributed by atoms with E-state index < -0.39 is 45.2 Å². The minimum atomic E-state index is -4.51. The summed E-state index contributed by atoms with van der Waals surface area (Å²) >= 11 is 0. The Morgan fingerprint density at radius 3 is 2.85 bits per heavy atom. The third-order valence-corrected chi connectivity index (χ3v) is 4.87. The zero-order chi connectivity index (χ0) is 19.8. The maximum Gasteiger partial charge on any atom is 0.474 e. The van der Waals surface area contributed by atoms with E-state index in [1.54, 1.807) is 0 Å². The number of phosphoric ester groups is 1. The molecule has 6 atom stereocenters. The highest BCUT2D eigenvalue weighted by molar-refractivity contribution is 7.47. The predicted molar refractivity (Wildman–Crippen MR) is 90.7 cm³/mol. The first kappa shape index (κ1) is 19.8. The summed E-state index contributed by atoms with van der Waals surface area (Å²) < 4.78 is 28.1. The van der Waals surface area contributed by atoms with Gasteiger partial charge < -0.3 is 31.3 Å². The zero-order valence-electron chi connectivity index (χ0n) is 13.9. The molecular formula is C13H19N6O7P. The average molecular weight is 402 g/mol. The van der Waals surface area contributed by atoms with Crippen LogP contribution in [0.1, 0.15) is 6.23 Å². The van der Waals surface area contributed by atoms with Gasteiger partial charge in [0.25, 0.3) is 0 Å². The molecule has 2 unspecified atom stereocenters. The fourth-order valence-electron chi connectivity index (χ4n) is 2.55. The Bertz CT molecular complexity index is 878. The number of nitrogen functional groups attached to an aromatic ring is 1. The molecule has 14 heteroatoms. The molecule has 0 bridgehead atoms. The fraction of sp³-hybridized carbons (Fsp3) is 0.462. The van der Waals surface area contributed by atoms with Crippen LogP contribution in [0.2, 0.25) is 0 Å². The number of nitrogens with two attached hydrogens (primary N) is 2. The number of phosphoric acid groups is 1. The van der Waals surface area contributed by atoms with Crippen molar-refractivity contribution < 1.29 is 33.5 Å². The number of rotatable bonds is 7. The SMILES string of the molecule is C=CC(N)OP(=O)(O)OC[C@H]1O[C@@H](n2cnc3c(N)ncnc32)[C@H](O)[C@@H]1O. The second-order valence-electron chi connectivity index (χ2n) is 5.70. The van der Waals surface area contributed by atoms with Gasteiger partial charge in [-0.1, -0.05) is 6.58 Å². The first-order valence-electron chi connectivity index (χ1n) is 7.72. The van der Waals surface area contributed by atoms with E-state index in [0.29, 0.717) is 5.52 Å². The van der Waals surface area contributed by atoms with Crippen molar-refractivity contribution >= 4 is 24.8 Å². The molecule has 0 radical (unpaired) electrons. The third-order valence-electron chi connectivity index (χ3n) is 3.89. The number of anilines is 1. The van der Waals surface area contributed by atoms with Gasteiger partial charge >= 0.3 is 7.82 Å². The van der Waals surface area contributed by atoms with Crippen LogP contribution in [0.25, 0.3) is 11.2 Å². The topological polar surface area (TPSA) is 201 Å². The molecule has 0 aliphatic carbocycles. The largest absolute Gasteiger partial charge is 0.474 e. The van der Waals surface area contributed by atoms with E-state index in [2.05, 4.69) is 26.1 Å². The van der Waals surface area contributed by atoms with Gasteiger partial charge in [-0.15, -0.1) is 0 Å². The first-order chi connectivity index (χ1) is 12.7. The molecule has 148 valence electrons. The highest BCUT2D eigenvalue weighted by Crippen LogP contribution is 2.45. The Morgan fingerprint density at radius 2 is 2.15 bits per heavy atom.